The summed E-state index contributed by atoms with van der Waals surface area (Å²) in [5.74, 6) is 0.903. The van der Waals surface area contributed by atoms with Crippen LogP contribution in [0.1, 0.15) is 44.7 Å². The quantitative estimate of drug-likeness (QED) is 0.860. The van der Waals surface area contributed by atoms with Gasteiger partial charge in [0.25, 0.3) is 0 Å². The van der Waals surface area contributed by atoms with Gasteiger partial charge in [0.2, 0.25) is 0 Å². The number of benzene rings is 1. The normalized spacial score (nSPS) is 19.8. The first-order chi connectivity index (χ1) is 11.3. The van der Waals surface area contributed by atoms with Crippen molar-refractivity contribution in [3.8, 4) is 5.75 Å². The lowest BCUT2D eigenvalue weighted by molar-refractivity contribution is -0.0938. The number of nitrogens with one attached hydrogen (secondary N) is 1. The minimum Gasteiger partial charge on any atom is -0.496 e. The SMILES string of the molecule is COc1cccc2c1C1(CCN(C(=O)NC(C)(C)C)CC1)OCC2. The molecule has 2 heterocycles. The van der Waals surface area contributed by atoms with Gasteiger partial charge in [-0.1, -0.05) is 12.1 Å². The number of carbonyl (C=O) groups is 1. The van der Waals surface area contributed by atoms with Crippen LogP contribution in [0.3, 0.4) is 0 Å². The molecule has 0 saturated carbocycles. The standard InChI is InChI=1S/C19H28N2O3/c1-18(2,3)20-17(22)21-11-9-19(10-12-21)16-14(8-13-24-19)6-5-7-15(16)23-4/h5-7H,8-13H2,1-4H3,(H,20,22). The van der Waals surface area contributed by atoms with Gasteiger partial charge in [0.05, 0.1) is 13.7 Å². The molecule has 0 bridgehead atoms. The zero-order chi connectivity index (χ0) is 17.4. The molecule has 0 aliphatic carbocycles. The zero-order valence-corrected chi connectivity index (χ0v) is 15.1. The van der Waals surface area contributed by atoms with Crippen LogP contribution in [0.15, 0.2) is 18.2 Å². The van der Waals surface area contributed by atoms with Gasteiger partial charge in [-0.15, -0.1) is 0 Å². The van der Waals surface area contributed by atoms with E-state index >= 15 is 0 Å². The number of rotatable bonds is 1. The molecular weight excluding hydrogens is 304 g/mol. The first kappa shape index (κ1) is 17.1. The third-order valence-electron chi connectivity index (χ3n) is 4.88. The largest absolute Gasteiger partial charge is 0.496 e. The molecule has 0 atom stereocenters. The first-order valence-corrected chi connectivity index (χ1v) is 8.72. The number of nitrogens with zero attached hydrogens (tertiary/aromatic N) is 1. The second-order valence-corrected chi connectivity index (χ2v) is 7.75. The van der Waals surface area contributed by atoms with E-state index in [1.807, 2.05) is 37.8 Å². The molecule has 1 spiro atoms. The lowest BCUT2D eigenvalue weighted by Gasteiger charge is -2.45. The van der Waals surface area contributed by atoms with Gasteiger partial charge in [0.15, 0.2) is 0 Å². The molecular formula is C19H28N2O3. The van der Waals surface area contributed by atoms with Crippen LogP contribution in [0, 0.1) is 0 Å². The highest BCUT2D eigenvalue weighted by Gasteiger charge is 2.43. The van der Waals surface area contributed by atoms with Crippen molar-refractivity contribution in [2.45, 2.75) is 51.2 Å². The topological polar surface area (TPSA) is 50.8 Å². The second-order valence-electron chi connectivity index (χ2n) is 7.75. The van der Waals surface area contributed by atoms with Crippen molar-refractivity contribution < 1.29 is 14.3 Å². The number of piperidine rings is 1. The highest BCUT2D eigenvalue weighted by atomic mass is 16.5. The molecule has 24 heavy (non-hydrogen) atoms. The molecule has 2 aliphatic heterocycles. The summed E-state index contributed by atoms with van der Waals surface area (Å²) in [5.41, 5.74) is 1.96. The van der Waals surface area contributed by atoms with Gasteiger partial charge in [0, 0.05) is 24.2 Å². The van der Waals surface area contributed by atoms with E-state index in [-0.39, 0.29) is 17.2 Å². The van der Waals surface area contributed by atoms with E-state index < -0.39 is 0 Å². The van der Waals surface area contributed by atoms with E-state index in [4.69, 9.17) is 9.47 Å². The van der Waals surface area contributed by atoms with Crippen LogP contribution < -0.4 is 10.1 Å². The van der Waals surface area contributed by atoms with Crippen molar-refractivity contribution in [1.82, 2.24) is 10.2 Å². The third-order valence-corrected chi connectivity index (χ3v) is 4.88. The third kappa shape index (κ3) is 3.22. The van der Waals surface area contributed by atoms with Crippen LogP contribution in [0.2, 0.25) is 0 Å². The fourth-order valence-corrected chi connectivity index (χ4v) is 3.77. The summed E-state index contributed by atoms with van der Waals surface area (Å²) in [5, 5.41) is 3.04. The van der Waals surface area contributed by atoms with E-state index in [0.29, 0.717) is 13.1 Å². The Kier molecular flexibility index (Phi) is 4.47. The average molecular weight is 332 g/mol. The van der Waals surface area contributed by atoms with Crippen molar-refractivity contribution in [1.29, 1.82) is 0 Å². The van der Waals surface area contributed by atoms with Crippen molar-refractivity contribution >= 4 is 6.03 Å². The molecule has 1 aromatic carbocycles. The Balaban J connectivity index is 1.79. The summed E-state index contributed by atoms with van der Waals surface area (Å²) >= 11 is 0. The summed E-state index contributed by atoms with van der Waals surface area (Å²) in [6.45, 7) is 8.12. The molecule has 0 aromatic heterocycles. The molecule has 1 aromatic rings. The van der Waals surface area contributed by atoms with Crippen LogP contribution in [-0.2, 0) is 16.8 Å². The minimum absolute atomic E-state index is 0.00779. The minimum atomic E-state index is -0.321. The van der Waals surface area contributed by atoms with Crippen molar-refractivity contribution in [3.05, 3.63) is 29.3 Å². The number of urea groups is 1. The fraction of sp³-hybridized carbons (Fsp3) is 0.632. The zero-order valence-electron chi connectivity index (χ0n) is 15.1. The smallest absolute Gasteiger partial charge is 0.317 e. The number of ether oxygens (including phenoxy) is 2. The van der Waals surface area contributed by atoms with Crippen LogP contribution >= 0.6 is 0 Å². The molecule has 1 N–H and O–H groups in total. The first-order valence-electron chi connectivity index (χ1n) is 8.72. The number of carbonyl (C=O) groups excluding carboxylic acids is 1. The van der Waals surface area contributed by atoms with Gasteiger partial charge in [-0.3, -0.25) is 0 Å². The lowest BCUT2D eigenvalue weighted by atomic mass is 9.79. The van der Waals surface area contributed by atoms with E-state index in [1.165, 1.54) is 11.1 Å². The van der Waals surface area contributed by atoms with Crippen LogP contribution in [0.25, 0.3) is 0 Å². The van der Waals surface area contributed by atoms with Crippen LogP contribution in [-0.4, -0.2) is 43.3 Å². The van der Waals surface area contributed by atoms with Gasteiger partial charge in [-0.2, -0.15) is 0 Å². The Morgan fingerprint density at radius 1 is 1.29 bits per heavy atom. The summed E-state index contributed by atoms with van der Waals surface area (Å²) in [7, 11) is 1.71. The van der Waals surface area contributed by atoms with Crippen molar-refractivity contribution in [3.63, 3.8) is 0 Å². The Hall–Kier alpha value is -1.75. The molecule has 5 heteroatoms. The summed E-state index contributed by atoms with van der Waals surface area (Å²) in [4.78, 5) is 14.3. The molecule has 1 saturated heterocycles. The summed E-state index contributed by atoms with van der Waals surface area (Å²) < 4.78 is 11.9. The predicted molar refractivity (Wildman–Crippen MR) is 93.4 cm³/mol. The molecule has 132 valence electrons. The van der Waals surface area contributed by atoms with Gasteiger partial charge in [0.1, 0.15) is 11.4 Å². The highest BCUT2D eigenvalue weighted by Crippen LogP contribution is 2.45. The molecule has 0 radical (unpaired) electrons. The van der Waals surface area contributed by atoms with Gasteiger partial charge >= 0.3 is 6.03 Å². The molecule has 1 fully saturated rings. The van der Waals surface area contributed by atoms with E-state index in [9.17, 15) is 4.79 Å². The molecule has 2 amide bonds. The monoisotopic (exact) mass is 332 g/mol. The predicted octanol–water partition coefficient (Wildman–Crippen LogP) is 3.07. The molecule has 3 rings (SSSR count). The molecule has 0 unspecified atom stereocenters. The van der Waals surface area contributed by atoms with E-state index in [0.717, 1.165) is 31.6 Å². The fourth-order valence-electron chi connectivity index (χ4n) is 3.77. The van der Waals surface area contributed by atoms with Crippen LogP contribution in [0.4, 0.5) is 4.79 Å². The number of fused-ring (bicyclic) bond motifs is 2. The van der Waals surface area contributed by atoms with Crippen molar-refractivity contribution in [2.24, 2.45) is 0 Å². The number of hydrogen-bond donors (Lipinski definition) is 1. The summed E-state index contributed by atoms with van der Waals surface area (Å²) in [6.07, 6.45) is 2.53. The number of methoxy groups -OCH3 is 1. The molecule has 5 nitrogen and oxygen atoms in total. The summed E-state index contributed by atoms with van der Waals surface area (Å²) in [6, 6.07) is 6.23. The molecule has 2 aliphatic rings. The lowest BCUT2D eigenvalue weighted by Crippen LogP contribution is -2.54. The Morgan fingerprint density at radius 2 is 2.00 bits per heavy atom. The number of amides is 2. The van der Waals surface area contributed by atoms with Crippen LogP contribution in [0.5, 0.6) is 5.75 Å². The Bertz CT molecular complexity index is 599. The number of likely N-dealkylation sites (tertiary alicyclic amines) is 1. The van der Waals surface area contributed by atoms with E-state index in [2.05, 4.69) is 11.4 Å². The van der Waals surface area contributed by atoms with Gasteiger partial charge in [-0.25, -0.2) is 4.79 Å². The Morgan fingerprint density at radius 3 is 2.62 bits per heavy atom. The average Bonchev–Trinajstić information content (AvgIpc) is 2.53. The maximum atomic E-state index is 12.4. The van der Waals surface area contributed by atoms with E-state index in [1.54, 1.807) is 7.11 Å². The highest BCUT2D eigenvalue weighted by molar-refractivity contribution is 5.75. The van der Waals surface area contributed by atoms with Gasteiger partial charge < -0.3 is 19.7 Å². The van der Waals surface area contributed by atoms with Gasteiger partial charge in [-0.05, 0) is 51.7 Å². The maximum absolute atomic E-state index is 12.4. The second kappa shape index (κ2) is 6.28. The maximum Gasteiger partial charge on any atom is 0.317 e. The number of hydrogen-bond acceptors (Lipinski definition) is 3. The Labute approximate surface area is 144 Å². The van der Waals surface area contributed by atoms with Crippen molar-refractivity contribution in [2.75, 3.05) is 26.8 Å².